The van der Waals surface area contributed by atoms with Crippen LogP contribution in [0.15, 0.2) is 103 Å². The summed E-state index contributed by atoms with van der Waals surface area (Å²) in [5.74, 6) is -5.98. The Morgan fingerprint density at radius 1 is 1.02 bits per heavy atom. The van der Waals surface area contributed by atoms with Crippen molar-refractivity contribution in [3.8, 4) is 0 Å². The van der Waals surface area contributed by atoms with Crippen LogP contribution in [0.2, 0.25) is 0 Å². The zero-order valence-corrected chi connectivity index (χ0v) is 26.8. The molecule has 2 aromatic carbocycles. The lowest BCUT2D eigenvalue weighted by molar-refractivity contribution is -0.440. The second kappa shape index (κ2) is 10.4. The topological polar surface area (TPSA) is 144 Å². The summed E-state index contributed by atoms with van der Waals surface area (Å²) >= 11 is 0. The molecule has 8 rings (SSSR count). The summed E-state index contributed by atoms with van der Waals surface area (Å²) in [6, 6.07) is 18.6. The standard InChI is InChI=1S/C38H38O10/c1-21(2)36-30(44-27(40)18-12-11-15-24-13-7-5-8-14-24)23(4)37-26-19-22(3)29(41)35(26,43)33(42)34(20-39)31(45-34)28(37)32(36)46-38(47-36,48-37)25-16-9-6-10-17-25/h5-19,23,26,28,30-33,39,42-43H,1,20H2,2-4H3/b15-11+,18-12+/t23-,26-,28+,30-,31+,32+,33-,34+,35-,36+,37+,38-/m1/s1. The van der Waals surface area contributed by atoms with Crippen molar-refractivity contribution in [2.45, 2.75) is 73.6 Å². The highest BCUT2D eigenvalue weighted by Crippen LogP contribution is 2.74. The first-order valence-corrected chi connectivity index (χ1v) is 16.2. The number of esters is 1. The number of Topliss-reactive ketones (excluding diaryl/α,β-unsaturated/α-hetero) is 1. The smallest absolute Gasteiger partial charge is 0.331 e. The van der Waals surface area contributed by atoms with Crippen LogP contribution < -0.4 is 0 Å². The molecule has 2 saturated carbocycles. The Kier molecular flexibility index (Phi) is 6.82. The first-order chi connectivity index (χ1) is 22.9. The molecule has 3 heterocycles. The van der Waals surface area contributed by atoms with Crippen molar-refractivity contribution in [1.82, 2.24) is 0 Å². The van der Waals surface area contributed by atoms with E-state index < -0.39 is 88.9 Å². The van der Waals surface area contributed by atoms with E-state index in [2.05, 4.69) is 6.58 Å². The fraction of sp³-hybridized carbons (Fsp3) is 0.421. The molecular formula is C38H38O10. The van der Waals surface area contributed by atoms with Crippen molar-refractivity contribution in [3.05, 3.63) is 114 Å². The first-order valence-electron chi connectivity index (χ1n) is 16.2. The third-order valence-corrected chi connectivity index (χ3v) is 11.5. The Labute approximate surface area is 277 Å². The van der Waals surface area contributed by atoms with Gasteiger partial charge in [-0.05, 0) is 30.6 Å². The number of allylic oxidation sites excluding steroid dienone is 2. The molecule has 3 aliphatic heterocycles. The number of fused-ring (bicyclic) bond motifs is 3. The Balaban J connectivity index is 1.29. The Hall–Kier alpha value is -3.74. The molecular weight excluding hydrogens is 616 g/mol. The maximum absolute atomic E-state index is 13.9. The van der Waals surface area contributed by atoms with Crippen LogP contribution in [0.25, 0.3) is 6.08 Å². The molecule has 0 aromatic heterocycles. The minimum absolute atomic E-state index is 0.226. The van der Waals surface area contributed by atoms with Crippen LogP contribution in [0.5, 0.6) is 0 Å². The molecule has 250 valence electrons. The molecule has 3 N–H and O–H groups in total. The van der Waals surface area contributed by atoms with Gasteiger partial charge in [0.15, 0.2) is 17.0 Å². The van der Waals surface area contributed by atoms with E-state index in [1.165, 1.54) is 6.08 Å². The number of epoxide rings is 1. The molecule has 3 saturated heterocycles. The van der Waals surface area contributed by atoms with Crippen LogP contribution in [-0.4, -0.2) is 80.5 Å². The Morgan fingerprint density at radius 2 is 1.71 bits per heavy atom. The number of hydrogen-bond donors (Lipinski definition) is 3. The van der Waals surface area contributed by atoms with E-state index >= 15 is 0 Å². The van der Waals surface area contributed by atoms with Crippen LogP contribution in [0.1, 0.15) is 31.9 Å². The number of aliphatic hydroxyl groups excluding tert-OH is 2. The summed E-state index contributed by atoms with van der Waals surface area (Å²) in [5.41, 5.74) is -4.99. The molecule has 3 aliphatic carbocycles. The van der Waals surface area contributed by atoms with Gasteiger partial charge >= 0.3 is 11.9 Å². The highest BCUT2D eigenvalue weighted by atomic mass is 16.9. The molecule has 0 radical (unpaired) electrons. The number of carbonyl (C=O) groups excluding carboxylic acids is 2. The zero-order chi connectivity index (χ0) is 33.9. The van der Waals surface area contributed by atoms with Crippen molar-refractivity contribution in [3.63, 3.8) is 0 Å². The van der Waals surface area contributed by atoms with E-state index in [0.29, 0.717) is 11.1 Å². The maximum atomic E-state index is 13.9. The second-order valence-electron chi connectivity index (χ2n) is 13.9. The van der Waals surface area contributed by atoms with Crippen molar-refractivity contribution in [1.29, 1.82) is 0 Å². The SMILES string of the molecule is C=C(C)[C@@]12O[C@@]3(c4ccccc4)O[C@H]1[C@@H]1[C@@H]4O[C@]4(CO)[C@@H](O)[C@]4(O)C(=O)C(C)=C[C@H]4[C@@]1(O3)[C@H](C)[C@H]2OC(=O)/C=C/C=C/c1ccccc1. The monoisotopic (exact) mass is 654 g/mol. The average Bonchev–Trinajstić information content (AvgIpc) is 3.71. The van der Waals surface area contributed by atoms with E-state index in [9.17, 15) is 24.9 Å². The predicted molar refractivity (Wildman–Crippen MR) is 170 cm³/mol. The van der Waals surface area contributed by atoms with Gasteiger partial charge < -0.3 is 39.0 Å². The van der Waals surface area contributed by atoms with Crippen LogP contribution >= 0.6 is 0 Å². The predicted octanol–water partition coefficient (Wildman–Crippen LogP) is 3.12. The Morgan fingerprint density at radius 3 is 2.38 bits per heavy atom. The lowest BCUT2D eigenvalue weighted by Gasteiger charge is -2.61. The van der Waals surface area contributed by atoms with Crippen molar-refractivity contribution in [2.24, 2.45) is 17.8 Å². The molecule has 2 aromatic rings. The van der Waals surface area contributed by atoms with Crippen LogP contribution in [0.4, 0.5) is 0 Å². The van der Waals surface area contributed by atoms with E-state index in [4.69, 9.17) is 23.7 Å². The Bertz CT molecular complexity index is 1790. The van der Waals surface area contributed by atoms with E-state index in [-0.39, 0.29) is 5.57 Å². The summed E-state index contributed by atoms with van der Waals surface area (Å²) < 4.78 is 33.4. The molecule has 10 nitrogen and oxygen atoms in total. The fourth-order valence-electron chi connectivity index (χ4n) is 9.34. The summed E-state index contributed by atoms with van der Waals surface area (Å²) in [5, 5.41) is 34.9. The van der Waals surface area contributed by atoms with E-state index in [1.54, 1.807) is 56.3 Å². The van der Waals surface area contributed by atoms with Gasteiger partial charge in [-0.15, -0.1) is 0 Å². The van der Waals surface area contributed by atoms with Crippen LogP contribution in [-0.2, 0) is 39.2 Å². The molecule has 5 fully saturated rings. The van der Waals surface area contributed by atoms with Gasteiger partial charge in [-0.1, -0.05) is 98.5 Å². The van der Waals surface area contributed by atoms with Gasteiger partial charge in [0, 0.05) is 29.4 Å². The molecule has 12 atom stereocenters. The van der Waals surface area contributed by atoms with Gasteiger partial charge in [-0.25, -0.2) is 4.79 Å². The van der Waals surface area contributed by atoms with E-state index in [0.717, 1.165) is 5.56 Å². The minimum atomic E-state index is -2.43. The maximum Gasteiger partial charge on any atom is 0.331 e. The third kappa shape index (κ3) is 3.76. The normalized spacial score (nSPS) is 45.0. The molecule has 3 bridgehead atoms. The van der Waals surface area contributed by atoms with Gasteiger partial charge in [-0.3, -0.25) is 4.79 Å². The lowest BCUT2D eigenvalue weighted by Crippen LogP contribution is -2.76. The second-order valence-corrected chi connectivity index (χ2v) is 13.9. The van der Waals surface area contributed by atoms with Crippen molar-refractivity contribution < 1.29 is 48.6 Å². The van der Waals surface area contributed by atoms with E-state index in [1.807, 2.05) is 49.4 Å². The fourth-order valence-corrected chi connectivity index (χ4v) is 9.34. The summed E-state index contributed by atoms with van der Waals surface area (Å²) in [6.45, 7) is 8.79. The molecule has 10 heteroatoms. The van der Waals surface area contributed by atoms with Gasteiger partial charge in [-0.2, -0.15) is 0 Å². The van der Waals surface area contributed by atoms with Crippen molar-refractivity contribution >= 4 is 17.8 Å². The highest BCUT2D eigenvalue weighted by molar-refractivity contribution is 6.05. The first kappa shape index (κ1) is 31.5. The largest absolute Gasteiger partial charge is 0.455 e. The molecule has 0 amide bonds. The molecule has 48 heavy (non-hydrogen) atoms. The average molecular weight is 655 g/mol. The molecule has 6 aliphatic rings. The summed E-state index contributed by atoms with van der Waals surface area (Å²) in [4.78, 5) is 27.5. The number of ether oxygens (including phenoxy) is 5. The number of hydrogen-bond acceptors (Lipinski definition) is 10. The van der Waals surface area contributed by atoms with Gasteiger partial charge in [0.25, 0.3) is 0 Å². The van der Waals surface area contributed by atoms with Crippen LogP contribution in [0, 0.1) is 17.8 Å². The molecule has 0 spiro atoms. The van der Waals surface area contributed by atoms with Gasteiger partial charge in [0.05, 0.1) is 12.2 Å². The van der Waals surface area contributed by atoms with Crippen LogP contribution in [0.3, 0.4) is 0 Å². The highest BCUT2D eigenvalue weighted by Gasteiger charge is 2.90. The number of benzene rings is 2. The minimum Gasteiger partial charge on any atom is -0.455 e. The zero-order valence-electron chi connectivity index (χ0n) is 26.8. The lowest BCUT2D eigenvalue weighted by atomic mass is 9.53. The third-order valence-electron chi connectivity index (χ3n) is 11.5. The quantitative estimate of drug-likeness (QED) is 0.134. The van der Waals surface area contributed by atoms with Crippen molar-refractivity contribution in [2.75, 3.05) is 6.61 Å². The summed E-state index contributed by atoms with van der Waals surface area (Å²) in [6.07, 6.45) is 3.34. The number of rotatable bonds is 7. The number of aliphatic hydroxyl groups is 3. The van der Waals surface area contributed by atoms with Gasteiger partial charge in [0.2, 0.25) is 0 Å². The van der Waals surface area contributed by atoms with Gasteiger partial charge in [0.1, 0.15) is 30.0 Å². The number of ketones is 1. The summed E-state index contributed by atoms with van der Waals surface area (Å²) in [7, 11) is 0. The number of carbonyl (C=O) groups is 2. The molecule has 0 unspecified atom stereocenters.